The molecule has 0 amide bonds. The lowest BCUT2D eigenvalue weighted by atomic mass is 10.1. The number of rotatable bonds is 6. The van der Waals surface area contributed by atoms with Crippen molar-refractivity contribution in [2.24, 2.45) is 0 Å². The van der Waals surface area contributed by atoms with Crippen LogP contribution in [0.25, 0.3) is 10.2 Å². The minimum Gasteiger partial charge on any atom is -0.462 e. The van der Waals surface area contributed by atoms with Gasteiger partial charge in [0, 0.05) is 6.54 Å². The van der Waals surface area contributed by atoms with Gasteiger partial charge < -0.3 is 4.74 Å². The van der Waals surface area contributed by atoms with Crippen molar-refractivity contribution in [3.8, 4) is 0 Å². The van der Waals surface area contributed by atoms with E-state index in [4.69, 9.17) is 4.74 Å². The first kappa shape index (κ1) is 19.0. The van der Waals surface area contributed by atoms with E-state index < -0.39 is 29.2 Å². The highest BCUT2D eigenvalue weighted by molar-refractivity contribution is 7.20. The quantitative estimate of drug-likeness (QED) is 0.652. The number of aryl methyl sites for hydroxylation is 1. The number of aromatic amines is 1. The average molecular weight is 394 g/mol. The van der Waals surface area contributed by atoms with Crippen LogP contribution in [0.1, 0.15) is 34.1 Å². The minimum absolute atomic E-state index is 0.00752. The summed E-state index contributed by atoms with van der Waals surface area (Å²) in [5.41, 5.74) is -1.34. The van der Waals surface area contributed by atoms with E-state index in [-0.39, 0.29) is 28.2 Å². The number of nitrogens with one attached hydrogen (secondary N) is 1. The number of esters is 1. The number of carbonyl (C=O) groups excluding carboxylic acids is 1. The summed E-state index contributed by atoms with van der Waals surface area (Å²) >= 11 is 0.628. The third kappa shape index (κ3) is 3.68. The summed E-state index contributed by atoms with van der Waals surface area (Å²) in [6, 6.07) is 9.17. The highest BCUT2D eigenvalue weighted by Gasteiger charge is 2.29. The highest BCUT2D eigenvalue weighted by Crippen LogP contribution is 2.35. The molecule has 0 aliphatic carbocycles. The molecule has 142 valence electrons. The van der Waals surface area contributed by atoms with Crippen LogP contribution in [0.15, 0.2) is 39.9 Å². The largest absolute Gasteiger partial charge is 0.462 e. The standard InChI is InChI=1S/C18H16F2N2O4S/c1-2-26-17(24)13-11(14(19)20)12-15(27-13)21-18(25)22(16(12)23)9-8-10-6-4-3-5-7-10/h3-7,14H,2,8-9H2,1H3,(H,21,25). The Morgan fingerprint density at radius 1 is 1.26 bits per heavy atom. The summed E-state index contributed by atoms with van der Waals surface area (Å²) in [5, 5.41) is -0.342. The molecule has 0 atom stereocenters. The molecule has 0 spiro atoms. The topological polar surface area (TPSA) is 81.2 Å². The first-order valence-electron chi connectivity index (χ1n) is 8.22. The lowest BCUT2D eigenvalue weighted by molar-refractivity contribution is 0.0522. The number of halogens is 2. The lowest BCUT2D eigenvalue weighted by Gasteiger charge is -2.06. The number of nitrogens with zero attached hydrogens (tertiary/aromatic N) is 1. The molecule has 0 radical (unpaired) electrons. The van der Waals surface area contributed by atoms with Gasteiger partial charge in [-0.2, -0.15) is 0 Å². The average Bonchev–Trinajstić information content (AvgIpc) is 3.02. The smallest absolute Gasteiger partial charge is 0.348 e. The Labute approximate surface area is 156 Å². The van der Waals surface area contributed by atoms with Gasteiger partial charge in [-0.05, 0) is 18.9 Å². The van der Waals surface area contributed by atoms with Gasteiger partial charge in [0.1, 0.15) is 9.71 Å². The predicted octanol–water partition coefficient (Wildman–Crippen LogP) is 3.11. The van der Waals surface area contributed by atoms with E-state index in [1.165, 1.54) is 0 Å². The number of thiophene rings is 1. The Kier molecular flexibility index (Phi) is 5.50. The third-order valence-corrected chi connectivity index (χ3v) is 5.12. The van der Waals surface area contributed by atoms with Crippen molar-refractivity contribution in [2.45, 2.75) is 26.3 Å². The van der Waals surface area contributed by atoms with Crippen LogP contribution in [0.3, 0.4) is 0 Å². The van der Waals surface area contributed by atoms with E-state index in [0.717, 1.165) is 10.1 Å². The zero-order chi connectivity index (χ0) is 19.6. The van der Waals surface area contributed by atoms with Crippen molar-refractivity contribution in [1.29, 1.82) is 0 Å². The summed E-state index contributed by atoms with van der Waals surface area (Å²) < 4.78 is 32.9. The third-order valence-electron chi connectivity index (χ3n) is 4.02. The molecule has 1 aromatic carbocycles. The van der Waals surface area contributed by atoms with Crippen LogP contribution in [-0.2, 0) is 17.7 Å². The normalized spacial score (nSPS) is 11.3. The minimum atomic E-state index is -3.06. The fourth-order valence-corrected chi connectivity index (χ4v) is 3.87. The SMILES string of the molecule is CCOC(=O)c1sc2[nH]c(=O)n(CCc3ccccc3)c(=O)c2c1C(F)F. The van der Waals surface area contributed by atoms with E-state index in [2.05, 4.69) is 4.98 Å². The summed E-state index contributed by atoms with van der Waals surface area (Å²) in [4.78, 5) is 39.0. The Morgan fingerprint density at radius 2 is 1.96 bits per heavy atom. The number of fused-ring (bicyclic) bond motifs is 1. The van der Waals surface area contributed by atoms with Crippen LogP contribution >= 0.6 is 11.3 Å². The molecule has 0 aliphatic heterocycles. The molecular weight excluding hydrogens is 378 g/mol. The van der Waals surface area contributed by atoms with Gasteiger partial charge in [-0.3, -0.25) is 14.3 Å². The number of hydrogen-bond donors (Lipinski definition) is 1. The van der Waals surface area contributed by atoms with Crippen molar-refractivity contribution < 1.29 is 18.3 Å². The van der Waals surface area contributed by atoms with Crippen LogP contribution in [0.2, 0.25) is 0 Å². The second-order valence-corrected chi connectivity index (χ2v) is 6.71. The van der Waals surface area contributed by atoms with Crippen LogP contribution in [0.4, 0.5) is 8.78 Å². The molecular formula is C18H16F2N2O4S. The molecule has 0 unspecified atom stereocenters. The second-order valence-electron chi connectivity index (χ2n) is 5.69. The second kappa shape index (κ2) is 7.83. The molecule has 3 aromatic rings. The van der Waals surface area contributed by atoms with E-state index in [1.54, 1.807) is 6.92 Å². The van der Waals surface area contributed by atoms with Gasteiger partial charge in [0.25, 0.3) is 12.0 Å². The van der Waals surface area contributed by atoms with Gasteiger partial charge >= 0.3 is 11.7 Å². The Morgan fingerprint density at radius 3 is 2.59 bits per heavy atom. The van der Waals surface area contributed by atoms with Crippen molar-refractivity contribution in [3.63, 3.8) is 0 Å². The molecule has 2 heterocycles. The maximum Gasteiger partial charge on any atom is 0.348 e. The highest BCUT2D eigenvalue weighted by atomic mass is 32.1. The number of hydrogen-bond acceptors (Lipinski definition) is 5. The van der Waals surface area contributed by atoms with Crippen molar-refractivity contribution in [1.82, 2.24) is 9.55 Å². The van der Waals surface area contributed by atoms with E-state index in [1.807, 2.05) is 30.3 Å². The van der Waals surface area contributed by atoms with Gasteiger partial charge in [-0.1, -0.05) is 30.3 Å². The summed E-state index contributed by atoms with van der Waals surface area (Å²) in [6.07, 6.45) is -2.67. The zero-order valence-corrected chi connectivity index (χ0v) is 15.1. The van der Waals surface area contributed by atoms with Crippen LogP contribution < -0.4 is 11.2 Å². The van der Waals surface area contributed by atoms with E-state index in [0.29, 0.717) is 17.8 Å². The molecule has 1 N–H and O–H groups in total. The molecule has 27 heavy (non-hydrogen) atoms. The Balaban J connectivity index is 2.12. The van der Waals surface area contributed by atoms with Crippen molar-refractivity contribution >= 4 is 27.5 Å². The van der Waals surface area contributed by atoms with E-state index in [9.17, 15) is 23.2 Å². The van der Waals surface area contributed by atoms with Gasteiger partial charge in [0.05, 0.1) is 17.6 Å². The lowest BCUT2D eigenvalue weighted by Crippen LogP contribution is -2.35. The van der Waals surface area contributed by atoms with Crippen LogP contribution in [0, 0.1) is 0 Å². The number of aromatic nitrogens is 2. The monoisotopic (exact) mass is 394 g/mol. The first-order chi connectivity index (χ1) is 12.9. The zero-order valence-electron chi connectivity index (χ0n) is 14.3. The van der Waals surface area contributed by atoms with Crippen LogP contribution in [-0.4, -0.2) is 22.1 Å². The summed E-state index contributed by atoms with van der Waals surface area (Å²) in [5.74, 6) is -0.940. The summed E-state index contributed by atoms with van der Waals surface area (Å²) in [6.45, 7) is 1.58. The van der Waals surface area contributed by atoms with Gasteiger partial charge in [-0.25, -0.2) is 18.4 Å². The number of ether oxygens (including phenoxy) is 1. The van der Waals surface area contributed by atoms with E-state index >= 15 is 0 Å². The molecule has 9 heteroatoms. The molecule has 2 aromatic heterocycles. The predicted molar refractivity (Wildman–Crippen MR) is 97.8 cm³/mol. The molecule has 0 saturated carbocycles. The molecule has 0 saturated heterocycles. The fraction of sp³-hybridized carbons (Fsp3) is 0.278. The molecule has 0 aliphatic rings. The maximum atomic E-state index is 13.6. The van der Waals surface area contributed by atoms with Crippen molar-refractivity contribution in [3.05, 3.63) is 67.2 Å². The Bertz CT molecular complexity index is 1090. The first-order valence-corrected chi connectivity index (χ1v) is 9.04. The number of carbonyl (C=O) groups is 1. The molecule has 0 bridgehead atoms. The summed E-state index contributed by atoms with van der Waals surface area (Å²) in [7, 11) is 0. The van der Waals surface area contributed by atoms with Gasteiger partial charge in [0.15, 0.2) is 0 Å². The number of alkyl halides is 2. The maximum absolute atomic E-state index is 13.6. The molecule has 0 fully saturated rings. The number of benzene rings is 1. The number of H-pyrrole nitrogens is 1. The van der Waals surface area contributed by atoms with Gasteiger partial charge in [0.2, 0.25) is 0 Å². The van der Waals surface area contributed by atoms with Crippen LogP contribution in [0.5, 0.6) is 0 Å². The molecule has 3 rings (SSSR count). The Hall–Kier alpha value is -2.81. The van der Waals surface area contributed by atoms with Gasteiger partial charge in [-0.15, -0.1) is 11.3 Å². The molecule has 6 nitrogen and oxygen atoms in total. The van der Waals surface area contributed by atoms with Crippen molar-refractivity contribution in [2.75, 3.05) is 6.61 Å². The fourth-order valence-electron chi connectivity index (χ4n) is 2.78.